The highest BCUT2D eigenvalue weighted by Gasteiger charge is 1.97. The van der Waals surface area contributed by atoms with E-state index in [4.69, 9.17) is 0 Å². The smallest absolute Gasteiger partial charge is 0.00157 e. The first kappa shape index (κ1) is 10.3. The molecule has 0 heterocycles. The van der Waals surface area contributed by atoms with Crippen molar-refractivity contribution in [1.29, 1.82) is 0 Å². The van der Waals surface area contributed by atoms with Crippen LogP contribution in [0.4, 0.5) is 0 Å². The summed E-state index contributed by atoms with van der Waals surface area (Å²) in [4.78, 5) is 2.22. The first-order valence-corrected chi connectivity index (χ1v) is 4.80. The van der Waals surface area contributed by atoms with Gasteiger partial charge in [-0.25, -0.2) is 0 Å². The summed E-state index contributed by atoms with van der Waals surface area (Å²) in [6.45, 7) is 5.46. The van der Waals surface area contributed by atoms with Gasteiger partial charge in [-0.3, -0.25) is 0 Å². The number of likely N-dealkylation sites (N-methyl/N-ethyl adjacent to an activating group) is 1. The summed E-state index contributed by atoms with van der Waals surface area (Å²) in [5.41, 5.74) is 4.22. The fraction of sp³-hybridized carbons (Fsp3) is 0.500. The third kappa shape index (κ3) is 3.19. The molecule has 0 saturated carbocycles. The van der Waals surface area contributed by atoms with Crippen molar-refractivity contribution in [2.45, 2.75) is 20.3 Å². The zero-order valence-electron chi connectivity index (χ0n) is 9.09. The van der Waals surface area contributed by atoms with Gasteiger partial charge in [-0.1, -0.05) is 18.2 Å². The molecule has 0 aliphatic heterocycles. The Labute approximate surface area is 81.4 Å². The van der Waals surface area contributed by atoms with Gasteiger partial charge in [0.1, 0.15) is 0 Å². The summed E-state index contributed by atoms with van der Waals surface area (Å²) in [7, 11) is 4.22. The standard InChI is InChI=1S/C12H19N/c1-10-5-6-12(9-11(10)2)7-8-13(3)4/h5-6,9H,7-8H2,1-4H3. The van der Waals surface area contributed by atoms with Crippen molar-refractivity contribution in [2.75, 3.05) is 20.6 Å². The van der Waals surface area contributed by atoms with E-state index in [0.29, 0.717) is 0 Å². The molecular formula is C12H19N. The molecule has 1 aromatic rings. The lowest BCUT2D eigenvalue weighted by Crippen LogP contribution is -2.15. The Kier molecular flexibility index (Phi) is 3.49. The molecule has 1 rings (SSSR count). The van der Waals surface area contributed by atoms with E-state index in [-0.39, 0.29) is 0 Å². The minimum Gasteiger partial charge on any atom is -0.309 e. The molecule has 0 aromatic heterocycles. The SMILES string of the molecule is Cc1ccc(CCN(C)C)cc1C. The van der Waals surface area contributed by atoms with Crippen LogP contribution in [0.15, 0.2) is 18.2 Å². The van der Waals surface area contributed by atoms with Gasteiger partial charge in [-0.05, 0) is 51.1 Å². The highest BCUT2D eigenvalue weighted by molar-refractivity contribution is 5.29. The van der Waals surface area contributed by atoms with E-state index in [0.717, 1.165) is 13.0 Å². The molecule has 0 radical (unpaired) electrons. The third-order valence-electron chi connectivity index (χ3n) is 2.42. The highest BCUT2D eigenvalue weighted by Crippen LogP contribution is 2.10. The molecule has 1 aromatic carbocycles. The van der Waals surface area contributed by atoms with E-state index in [1.807, 2.05) is 0 Å². The topological polar surface area (TPSA) is 3.24 Å². The van der Waals surface area contributed by atoms with Crippen LogP contribution in [0.5, 0.6) is 0 Å². The van der Waals surface area contributed by atoms with Crippen LogP contribution in [0, 0.1) is 13.8 Å². The van der Waals surface area contributed by atoms with E-state index in [2.05, 4.69) is 51.0 Å². The number of hydrogen-bond donors (Lipinski definition) is 0. The molecule has 0 aliphatic carbocycles. The summed E-state index contributed by atoms with van der Waals surface area (Å²) in [6.07, 6.45) is 1.15. The minimum atomic E-state index is 1.13. The van der Waals surface area contributed by atoms with Crippen LogP contribution in [0.3, 0.4) is 0 Å². The van der Waals surface area contributed by atoms with Crippen molar-refractivity contribution >= 4 is 0 Å². The van der Waals surface area contributed by atoms with Gasteiger partial charge in [0.15, 0.2) is 0 Å². The second kappa shape index (κ2) is 4.43. The van der Waals surface area contributed by atoms with Crippen LogP contribution in [-0.4, -0.2) is 25.5 Å². The van der Waals surface area contributed by atoms with Gasteiger partial charge in [-0.15, -0.1) is 0 Å². The molecular weight excluding hydrogens is 158 g/mol. The molecule has 72 valence electrons. The molecule has 0 amide bonds. The van der Waals surface area contributed by atoms with Crippen LogP contribution in [-0.2, 0) is 6.42 Å². The maximum Gasteiger partial charge on any atom is 0.00157 e. The van der Waals surface area contributed by atoms with Gasteiger partial charge in [0.25, 0.3) is 0 Å². The first-order valence-electron chi connectivity index (χ1n) is 4.80. The lowest BCUT2D eigenvalue weighted by Gasteiger charge is -2.10. The summed E-state index contributed by atoms with van der Waals surface area (Å²) in [5.74, 6) is 0. The molecule has 0 unspecified atom stereocenters. The number of nitrogens with zero attached hydrogens (tertiary/aromatic N) is 1. The molecule has 0 fully saturated rings. The summed E-state index contributed by atoms with van der Waals surface area (Å²) < 4.78 is 0. The first-order chi connectivity index (χ1) is 6.09. The Morgan fingerprint density at radius 3 is 2.31 bits per heavy atom. The molecule has 0 aliphatic rings. The van der Waals surface area contributed by atoms with Gasteiger partial charge < -0.3 is 4.90 Å². The lowest BCUT2D eigenvalue weighted by molar-refractivity contribution is 0.413. The summed E-state index contributed by atoms with van der Waals surface area (Å²) in [5, 5.41) is 0. The predicted molar refractivity (Wildman–Crippen MR) is 58.2 cm³/mol. The fourth-order valence-corrected chi connectivity index (χ4v) is 1.31. The molecule has 0 bridgehead atoms. The van der Waals surface area contributed by atoms with Gasteiger partial charge in [0, 0.05) is 6.54 Å². The molecule has 0 saturated heterocycles. The Morgan fingerprint density at radius 1 is 1.08 bits per heavy atom. The van der Waals surface area contributed by atoms with E-state index in [1.54, 1.807) is 0 Å². The third-order valence-corrected chi connectivity index (χ3v) is 2.42. The summed E-state index contributed by atoms with van der Waals surface area (Å²) >= 11 is 0. The van der Waals surface area contributed by atoms with Crippen molar-refractivity contribution in [1.82, 2.24) is 4.90 Å². The van der Waals surface area contributed by atoms with E-state index >= 15 is 0 Å². The number of rotatable bonds is 3. The van der Waals surface area contributed by atoms with Crippen molar-refractivity contribution < 1.29 is 0 Å². The van der Waals surface area contributed by atoms with Crippen LogP contribution in [0.2, 0.25) is 0 Å². The Hall–Kier alpha value is -0.820. The largest absolute Gasteiger partial charge is 0.309 e. The van der Waals surface area contributed by atoms with Crippen LogP contribution < -0.4 is 0 Å². The number of benzene rings is 1. The number of hydrogen-bond acceptors (Lipinski definition) is 1. The second-order valence-corrected chi connectivity index (χ2v) is 3.97. The monoisotopic (exact) mass is 177 g/mol. The van der Waals surface area contributed by atoms with Crippen molar-refractivity contribution in [3.8, 4) is 0 Å². The molecule has 0 atom stereocenters. The highest BCUT2D eigenvalue weighted by atomic mass is 15.0. The summed E-state index contributed by atoms with van der Waals surface area (Å²) in [6, 6.07) is 6.73. The Bertz CT molecular complexity index is 276. The quantitative estimate of drug-likeness (QED) is 0.685. The fourth-order valence-electron chi connectivity index (χ4n) is 1.31. The van der Waals surface area contributed by atoms with Gasteiger partial charge in [0.2, 0.25) is 0 Å². The van der Waals surface area contributed by atoms with Crippen LogP contribution in [0.25, 0.3) is 0 Å². The maximum atomic E-state index is 2.29. The van der Waals surface area contributed by atoms with Crippen LogP contribution in [0.1, 0.15) is 16.7 Å². The van der Waals surface area contributed by atoms with Crippen molar-refractivity contribution in [3.05, 3.63) is 34.9 Å². The van der Waals surface area contributed by atoms with E-state index in [1.165, 1.54) is 16.7 Å². The average molecular weight is 177 g/mol. The van der Waals surface area contributed by atoms with Crippen molar-refractivity contribution in [3.63, 3.8) is 0 Å². The Morgan fingerprint density at radius 2 is 1.77 bits per heavy atom. The Balaban J connectivity index is 2.63. The van der Waals surface area contributed by atoms with Crippen LogP contribution >= 0.6 is 0 Å². The van der Waals surface area contributed by atoms with Gasteiger partial charge in [-0.2, -0.15) is 0 Å². The second-order valence-electron chi connectivity index (χ2n) is 3.97. The molecule has 1 heteroatoms. The molecule has 13 heavy (non-hydrogen) atoms. The zero-order valence-corrected chi connectivity index (χ0v) is 9.09. The molecule has 0 N–H and O–H groups in total. The zero-order chi connectivity index (χ0) is 9.84. The van der Waals surface area contributed by atoms with E-state index < -0.39 is 0 Å². The molecule has 0 spiro atoms. The predicted octanol–water partition coefficient (Wildman–Crippen LogP) is 2.41. The van der Waals surface area contributed by atoms with E-state index in [9.17, 15) is 0 Å². The van der Waals surface area contributed by atoms with Gasteiger partial charge >= 0.3 is 0 Å². The lowest BCUT2D eigenvalue weighted by atomic mass is 10.0. The minimum absolute atomic E-state index is 1.13. The number of aryl methyl sites for hydroxylation is 2. The molecule has 1 nitrogen and oxygen atoms in total. The van der Waals surface area contributed by atoms with Gasteiger partial charge in [0.05, 0.1) is 0 Å². The average Bonchev–Trinajstić information content (AvgIpc) is 2.07. The normalized spacial score (nSPS) is 10.8. The van der Waals surface area contributed by atoms with Crippen molar-refractivity contribution in [2.24, 2.45) is 0 Å². The maximum absolute atomic E-state index is 2.29.